The number of aromatic hydroxyl groups is 1. The summed E-state index contributed by atoms with van der Waals surface area (Å²) in [6, 6.07) is 7.60. The number of benzene rings is 1. The topological polar surface area (TPSA) is 114 Å². The predicted molar refractivity (Wildman–Crippen MR) is 92.8 cm³/mol. The predicted octanol–water partition coefficient (Wildman–Crippen LogP) is 3.21. The van der Waals surface area contributed by atoms with Crippen LogP contribution in [-0.2, 0) is 0 Å². The zero-order chi connectivity index (χ0) is 17.6. The molecule has 4 rings (SSSR count). The molecule has 3 aromatic heterocycles. The van der Waals surface area contributed by atoms with Crippen molar-refractivity contribution in [2.75, 3.05) is 0 Å². The lowest BCUT2D eigenvalue weighted by Crippen LogP contribution is -1.94. The summed E-state index contributed by atoms with van der Waals surface area (Å²) in [7, 11) is 0. The maximum atomic E-state index is 10.1. The summed E-state index contributed by atoms with van der Waals surface area (Å²) in [5.74, 6) is 0.772. The van der Waals surface area contributed by atoms with Gasteiger partial charge in [-0.05, 0) is 42.7 Å². The Balaban J connectivity index is 2.01. The van der Waals surface area contributed by atoms with Crippen LogP contribution in [0.3, 0.4) is 0 Å². The third-order valence-electron chi connectivity index (χ3n) is 4.36. The van der Waals surface area contributed by atoms with Gasteiger partial charge in [0.1, 0.15) is 23.8 Å². The van der Waals surface area contributed by atoms with Gasteiger partial charge in [0, 0.05) is 17.1 Å². The number of H-pyrrole nitrogens is 2. The lowest BCUT2D eigenvalue weighted by atomic mass is 9.92. The third-order valence-corrected chi connectivity index (χ3v) is 4.36. The maximum absolute atomic E-state index is 10.1. The van der Waals surface area contributed by atoms with Gasteiger partial charge >= 0.3 is 0 Å². The smallest absolute Gasteiger partial charge is 0.177 e. The molecule has 0 atom stereocenters. The molecule has 122 valence electrons. The molecule has 0 saturated carbocycles. The number of nitrogens with zero attached hydrogens (tertiary/aromatic N) is 4. The molecule has 0 radical (unpaired) electrons. The first kappa shape index (κ1) is 14.9. The average Bonchev–Trinajstić information content (AvgIpc) is 3.27. The molecule has 3 heterocycles. The molecule has 0 amide bonds. The lowest BCUT2D eigenvalue weighted by Gasteiger charge is -2.13. The van der Waals surface area contributed by atoms with Crippen molar-refractivity contribution in [2.24, 2.45) is 0 Å². The van der Waals surface area contributed by atoms with E-state index in [-0.39, 0.29) is 5.75 Å². The Labute approximate surface area is 143 Å². The number of phenols is 1. The van der Waals surface area contributed by atoms with Crippen LogP contribution in [0.25, 0.3) is 33.7 Å². The molecule has 0 aliphatic rings. The second kappa shape index (κ2) is 5.46. The molecule has 0 aliphatic heterocycles. The van der Waals surface area contributed by atoms with E-state index in [1.54, 1.807) is 12.3 Å². The average molecular weight is 330 g/mol. The van der Waals surface area contributed by atoms with Crippen LogP contribution in [0.15, 0.2) is 30.7 Å². The normalized spacial score (nSPS) is 10.9. The monoisotopic (exact) mass is 330 g/mol. The molecule has 0 aliphatic carbocycles. The van der Waals surface area contributed by atoms with Gasteiger partial charge in [-0.2, -0.15) is 5.26 Å². The van der Waals surface area contributed by atoms with Gasteiger partial charge < -0.3 is 15.1 Å². The van der Waals surface area contributed by atoms with Gasteiger partial charge in [-0.25, -0.2) is 4.98 Å². The summed E-state index contributed by atoms with van der Waals surface area (Å²) in [4.78, 5) is 10.5. The van der Waals surface area contributed by atoms with E-state index in [2.05, 4.69) is 31.2 Å². The molecule has 0 unspecified atom stereocenters. The van der Waals surface area contributed by atoms with Crippen molar-refractivity contribution in [1.29, 1.82) is 5.26 Å². The number of nitriles is 1. The number of aryl methyl sites for hydroxylation is 1. The molecule has 7 heteroatoms. The van der Waals surface area contributed by atoms with Crippen molar-refractivity contribution >= 4 is 11.0 Å². The molecule has 0 spiro atoms. The highest BCUT2D eigenvalue weighted by molar-refractivity contribution is 5.94. The zero-order valence-corrected chi connectivity index (χ0v) is 13.6. The minimum Gasteiger partial charge on any atom is -0.508 e. The van der Waals surface area contributed by atoms with Crippen LogP contribution in [0.2, 0.25) is 0 Å². The Morgan fingerprint density at radius 1 is 1.24 bits per heavy atom. The van der Waals surface area contributed by atoms with E-state index in [1.807, 2.05) is 26.0 Å². The maximum Gasteiger partial charge on any atom is 0.177 e. The SMILES string of the molecule is Cc1ccc(O)c(C)c1-c1cnc2[nH]c(-c3nnc[nH]3)cc2c1C#N. The molecular weight excluding hydrogens is 316 g/mol. The fourth-order valence-corrected chi connectivity index (χ4v) is 3.10. The van der Waals surface area contributed by atoms with Crippen LogP contribution in [0.5, 0.6) is 5.75 Å². The number of aromatic nitrogens is 5. The van der Waals surface area contributed by atoms with Crippen LogP contribution >= 0.6 is 0 Å². The fraction of sp³-hybridized carbons (Fsp3) is 0.111. The first-order valence-electron chi connectivity index (χ1n) is 7.68. The van der Waals surface area contributed by atoms with Crippen molar-refractivity contribution in [3.63, 3.8) is 0 Å². The summed E-state index contributed by atoms with van der Waals surface area (Å²) < 4.78 is 0. The highest BCUT2D eigenvalue weighted by atomic mass is 16.3. The number of aromatic amines is 2. The second-order valence-electron chi connectivity index (χ2n) is 5.84. The van der Waals surface area contributed by atoms with E-state index in [0.717, 1.165) is 16.7 Å². The molecule has 7 nitrogen and oxygen atoms in total. The zero-order valence-electron chi connectivity index (χ0n) is 13.6. The lowest BCUT2D eigenvalue weighted by molar-refractivity contribution is 0.471. The molecule has 3 N–H and O–H groups in total. The number of rotatable bonds is 2. The highest BCUT2D eigenvalue weighted by Crippen LogP contribution is 2.36. The van der Waals surface area contributed by atoms with E-state index in [9.17, 15) is 10.4 Å². The number of hydrogen-bond donors (Lipinski definition) is 3. The first-order chi connectivity index (χ1) is 12.1. The van der Waals surface area contributed by atoms with E-state index in [4.69, 9.17) is 0 Å². The van der Waals surface area contributed by atoms with Crippen LogP contribution < -0.4 is 0 Å². The van der Waals surface area contributed by atoms with Gasteiger partial charge in [-0.3, -0.25) is 0 Å². The van der Waals surface area contributed by atoms with Crippen LogP contribution in [-0.4, -0.2) is 30.3 Å². The summed E-state index contributed by atoms with van der Waals surface area (Å²) in [5, 5.41) is 28.3. The Bertz CT molecular complexity index is 1130. The molecule has 0 bridgehead atoms. The standard InChI is InChI=1S/C18H14N6O/c1-9-3-4-15(25)10(2)16(9)13-7-20-17-11(12(13)6-19)5-14(23-17)18-21-8-22-24-18/h3-5,7-8,25H,1-2H3,(H,20,23)(H,21,22,24). The van der Waals surface area contributed by atoms with E-state index in [1.165, 1.54) is 6.33 Å². The number of fused-ring (bicyclic) bond motifs is 1. The van der Waals surface area contributed by atoms with Crippen LogP contribution in [0.4, 0.5) is 0 Å². The highest BCUT2D eigenvalue weighted by Gasteiger charge is 2.18. The van der Waals surface area contributed by atoms with Crippen molar-refractivity contribution in [3.8, 4) is 34.5 Å². The minimum absolute atomic E-state index is 0.195. The van der Waals surface area contributed by atoms with Gasteiger partial charge in [-0.15, -0.1) is 10.2 Å². The Kier molecular flexibility index (Phi) is 3.25. The molecule has 25 heavy (non-hydrogen) atoms. The van der Waals surface area contributed by atoms with Gasteiger partial charge in [0.25, 0.3) is 0 Å². The van der Waals surface area contributed by atoms with Crippen molar-refractivity contribution in [1.82, 2.24) is 25.1 Å². The number of hydrogen-bond acceptors (Lipinski definition) is 5. The quantitative estimate of drug-likeness (QED) is 0.522. The van der Waals surface area contributed by atoms with Crippen LogP contribution in [0.1, 0.15) is 16.7 Å². The first-order valence-corrected chi connectivity index (χ1v) is 7.68. The molecular formula is C18H14N6O. The minimum atomic E-state index is 0.195. The second-order valence-corrected chi connectivity index (χ2v) is 5.84. The summed E-state index contributed by atoms with van der Waals surface area (Å²) in [5.41, 5.74) is 5.03. The molecule has 1 aromatic carbocycles. The van der Waals surface area contributed by atoms with E-state index in [0.29, 0.717) is 33.7 Å². The molecule has 4 aromatic rings. The van der Waals surface area contributed by atoms with E-state index >= 15 is 0 Å². The number of nitrogens with one attached hydrogen (secondary N) is 2. The molecule has 0 fully saturated rings. The third kappa shape index (κ3) is 2.23. The largest absolute Gasteiger partial charge is 0.508 e. The van der Waals surface area contributed by atoms with Gasteiger partial charge in [0.15, 0.2) is 5.82 Å². The Hall–Kier alpha value is -3.66. The Morgan fingerprint density at radius 2 is 2.08 bits per heavy atom. The fourth-order valence-electron chi connectivity index (χ4n) is 3.10. The van der Waals surface area contributed by atoms with Gasteiger partial charge in [-0.1, -0.05) is 6.07 Å². The molecule has 0 saturated heterocycles. The van der Waals surface area contributed by atoms with Crippen molar-refractivity contribution < 1.29 is 5.11 Å². The summed E-state index contributed by atoms with van der Waals surface area (Å²) >= 11 is 0. The van der Waals surface area contributed by atoms with Gasteiger partial charge in [0.2, 0.25) is 0 Å². The van der Waals surface area contributed by atoms with Gasteiger partial charge in [0.05, 0.1) is 11.3 Å². The summed E-state index contributed by atoms with van der Waals surface area (Å²) in [6.45, 7) is 3.78. The van der Waals surface area contributed by atoms with E-state index < -0.39 is 0 Å². The Morgan fingerprint density at radius 3 is 2.80 bits per heavy atom. The number of pyridine rings is 1. The van der Waals surface area contributed by atoms with Crippen molar-refractivity contribution in [3.05, 3.63) is 47.4 Å². The van der Waals surface area contributed by atoms with Crippen molar-refractivity contribution in [2.45, 2.75) is 13.8 Å². The number of phenolic OH excluding ortho intramolecular Hbond substituents is 1. The van der Waals surface area contributed by atoms with Crippen LogP contribution in [0, 0.1) is 25.2 Å². The summed E-state index contributed by atoms with van der Waals surface area (Å²) in [6.07, 6.45) is 3.15.